The Balaban J connectivity index is 1.51. The van der Waals surface area contributed by atoms with Gasteiger partial charge in [0.2, 0.25) is 17.4 Å². The van der Waals surface area contributed by atoms with E-state index in [-0.39, 0.29) is 34.9 Å². The van der Waals surface area contributed by atoms with E-state index in [1.54, 1.807) is 0 Å². The fourth-order valence-electron chi connectivity index (χ4n) is 5.41. The number of fused-ring (bicyclic) bond motifs is 1. The van der Waals surface area contributed by atoms with Gasteiger partial charge >= 0.3 is 0 Å². The summed E-state index contributed by atoms with van der Waals surface area (Å²) in [5.41, 5.74) is 0.559. The van der Waals surface area contributed by atoms with Crippen LogP contribution >= 0.6 is 0 Å². The topological polar surface area (TPSA) is 115 Å². The normalized spacial score (nSPS) is 15.9. The van der Waals surface area contributed by atoms with Gasteiger partial charge in [-0.15, -0.1) is 0 Å². The molecule has 1 aliphatic rings. The van der Waals surface area contributed by atoms with Crippen LogP contribution in [0.15, 0.2) is 24.3 Å². The van der Waals surface area contributed by atoms with Gasteiger partial charge in [-0.2, -0.15) is 0 Å². The lowest BCUT2D eigenvalue weighted by molar-refractivity contribution is 0.0907. The van der Waals surface area contributed by atoms with Crippen LogP contribution in [0.4, 0.5) is 0 Å². The molecule has 1 aliphatic heterocycles. The number of phenolic OH excluding ortho intramolecular Hbond substituents is 4. The minimum absolute atomic E-state index is 0.0547. The molecule has 2 aromatic rings. The summed E-state index contributed by atoms with van der Waals surface area (Å²) in [6, 6.07) is 0.112. The molecule has 2 heterocycles. The number of carbonyl (C=O) groups is 1. The molecule has 0 amide bonds. The highest BCUT2D eigenvalue weighted by molar-refractivity contribution is 6.36. The second-order valence-corrected chi connectivity index (χ2v) is 10.7. The number of rotatable bonds is 16. The minimum Gasteiger partial charge on any atom is -0.504 e. The first-order valence-electron chi connectivity index (χ1n) is 14.7. The average molecular weight is 537 g/mol. The van der Waals surface area contributed by atoms with E-state index < -0.39 is 23.0 Å². The molecule has 1 aromatic carbocycles. The molecule has 1 aromatic heterocycles. The highest BCUT2D eigenvalue weighted by Crippen LogP contribution is 2.50. The van der Waals surface area contributed by atoms with Crippen molar-refractivity contribution < 1.29 is 25.2 Å². The molecule has 0 spiro atoms. The molecule has 2 radical (unpaired) electrons. The second-order valence-electron chi connectivity index (χ2n) is 10.7. The highest BCUT2D eigenvalue weighted by atomic mass is 16.3. The number of allylic oxidation sites excluding steroid dienone is 4. The maximum Gasteiger partial charge on any atom is 0.230 e. The summed E-state index contributed by atoms with van der Waals surface area (Å²) in [7, 11) is 6.41. The molecule has 7 nitrogen and oxygen atoms in total. The molecule has 8 heteroatoms. The number of carbonyl (C=O) groups excluding carboxylic acids is 1. The molecule has 0 saturated carbocycles. The number of hydrogen-bond donors (Lipinski definition) is 5. The third-order valence-electron chi connectivity index (χ3n) is 7.65. The van der Waals surface area contributed by atoms with Gasteiger partial charge in [0.25, 0.3) is 0 Å². The lowest BCUT2D eigenvalue weighted by Gasteiger charge is -2.12. The Bertz CT molecular complexity index is 1150. The van der Waals surface area contributed by atoms with Crippen molar-refractivity contribution in [3.05, 3.63) is 29.9 Å². The van der Waals surface area contributed by atoms with E-state index in [0.29, 0.717) is 18.4 Å². The fraction of sp³-hybridized carbons (Fsp3) is 0.581. The van der Waals surface area contributed by atoms with Gasteiger partial charge in [-0.1, -0.05) is 63.3 Å². The summed E-state index contributed by atoms with van der Waals surface area (Å²) in [6.45, 7) is 3.09. The Morgan fingerprint density at radius 2 is 1.54 bits per heavy atom. The smallest absolute Gasteiger partial charge is 0.230 e. The molecule has 1 saturated heterocycles. The Hall–Kier alpha value is -2.87. The van der Waals surface area contributed by atoms with Crippen LogP contribution in [0, 0.1) is 0 Å². The molecular formula is C31H45BN2O5. The van der Waals surface area contributed by atoms with Crippen molar-refractivity contribution in [2.24, 2.45) is 0 Å². The standard InChI is InChI=1S/C31H45BN2O5/c1-2-3-4-5-6-7-8-9-10-11-12-13-14-15-16-19-24(35)34-26-25(27(36)29(38)30(39)28(26)37)23(31(34)32)21-22-18-17-20-33-22/h6-7,9-10,22,33,36-39H,2-5,8,11-21H2,1H3/b7-6-,10-9-/t22-/m1/s1. The number of benzene rings is 1. The second kappa shape index (κ2) is 15.7. The van der Waals surface area contributed by atoms with Crippen molar-refractivity contribution in [2.75, 3.05) is 6.54 Å². The first-order valence-corrected chi connectivity index (χ1v) is 14.7. The van der Waals surface area contributed by atoms with Gasteiger partial charge in [0.1, 0.15) is 13.4 Å². The summed E-state index contributed by atoms with van der Waals surface area (Å²) in [6.07, 6.45) is 23.5. The van der Waals surface area contributed by atoms with Crippen LogP contribution < -0.4 is 10.9 Å². The molecule has 212 valence electrons. The van der Waals surface area contributed by atoms with Crippen molar-refractivity contribution in [2.45, 2.75) is 109 Å². The zero-order valence-corrected chi connectivity index (χ0v) is 23.4. The van der Waals surface area contributed by atoms with E-state index in [1.807, 2.05) is 0 Å². The molecular weight excluding hydrogens is 491 g/mol. The van der Waals surface area contributed by atoms with E-state index in [2.05, 4.69) is 36.5 Å². The number of hydrogen-bond acceptors (Lipinski definition) is 6. The first-order chi connectivity index (χ1) is 18.9. The van der Waals surface area contributed by atoms with E-state index in [0.717, 1.165) is 57.9 Å². The molecule has 39 heavy (non-hydrogen) atoms. The van der Waals surface area contributed by atoms with Gasteiger partial charge < -0.3 is 25.7 Å². The predicted octanol–water partition coefficient (Wildman–Crippen LogP) is 6.01. The quantitative estimate of drug-likeness (QED) is 0.0591. The lowest BCUT2D eigenvalue weighted by atomic mass is 9.92. The van der Waals surface area contributed by atoms with Gasteiger partial charge in [0.05, 0.1) is 5.39 Å². The predicted molar refractivity (Wildman–Crippen MR) is 159 cm³/mol. The molecule has 1 fully saturated rings. The van der Waals surface area contributed by atoms with Crippen molar-refractivity contribution in [3.63, 3.8) is 0 Å². The fourth-order valence-corrected chi connectivity index (χ4v) is 5.41. The van der Waals surface area contributed by atoms with E-state index >= 15 is 0 Å². The van der Waals surface area contributed by atoms with Gasteiger partial charge in [0.15, 0.2) is 11.5 Å². The SMILES string of the molecule is [B]c1c(C[C@H]2CCCN2)c2c(O)c(O)c(O)c(O)c2n1C(=O)CCCCCCC/C=C\C/C=C\CCCCC. The molecule has 1 atom stereocenters. The first kappa shape index (κ1) is 30.7. The lowest BCUT2D eigenvalue weighted by Crippen LogP contribution is -2.30. The van der Waals surface area contributed by atoms with Crippen LogP contribution in [-0.2, 0) is 6.42 Å². The highest BCUT2D eigenvalue weighted by Gasteiger charge is 2.30. The van der Waals surface area contributed by atoms with Crippen LogP contribution in [0.1, 0.15) is 107 Å². The Morgan fingerprint density at radius 1 is 0.897 bits per heavy atom. The molecule has 3 rings (SSSR count). The summed E-state index contributed by atoms with van der Waals surface area (Å²) in [4.78, 5) is 13.2. The van der Waals surface area contributed by atoms with Crippen molar-refractivity contribution in [1.82, 2.24) is 9.88 Å². The zero-order chi connectivity index (χ0) is 28.2. The van der Waals surface area contributed by atoms with Crippen LogP contribution in [-0.4, -0.2) is 51.3 Å². The van der Waals surface area contributed by atoms with Gasteiger partial charge in [0, 0.05) is 12.5 Å². The van der Waals surface area contributed by atoms with Crippen LogP contribution in [0.25, 0.3) is 10.9 Å². The van der Waals surface area contributed by atoms with Gasteiger partial charge in [-0.25, -0.2) is 0 Å². The Labute approximate surface area is 234 Å². The number of phenols is 4. The number of nitrogens with zero attached hydrogens (tertiary/aromatic N) is 1. The van der Waals surface area contributed by atoms with Gasteiger partial charge in [-0.05, 0) is 75.5 Å². The third-order valence-corrected chi connectivity index (χ3v) is 7.65. The van der Waals surface area contributed by atoms with E-state index in [1.165, 1.54) is 30.3 Å². The number of unbranched alkanes of at least 4 members (excludes halogenated alkanes) is 8. The maximum atomic E-state index is 13.2. The molecule has 5 N–H and O–H groups in total. The zero-order valence-electron chi connectivity index (χ0n) is 23.4. The summed E-state index contributed by atoms with van der Waals surface area (Å²) < 4.78 is 1.19. The summed E-state index contributed by atoms with van der Waals surface area (Å²) in [5.74, 6) is -3.24. The molecule has 0 aliphatic carbocycles. The van der Waals surface area contributed by atoms with Crippen molar-refractivity contribution in [3.8, 4) is 23.0 Å². The van der Waals surface area contributed by atoms with Crippen LogP contribution in [0.2, 0.25) is 0 Å². The summed E-state index contributed by atoms with van der Waals surface area (Å²) in [5, 5.41) is 45.0. The number of nitrogens with one attached hydrogen (secondary N) is 1. The van der Waals surface area contributed by atoms with Crippen LogP contribution in [0.3, 0.4) is 0 Å². The number of aromatic nitrogens is 1. The van der Waals surface area contributed by atoms with Crippen LogP contribution in [0.5, 0.6) is 23.0 Å². The van der Waals surface area contributed by atoms with E-state index in [9.17, 15) is 25.2 Å². The summed E-state index contributed by atoms with van der Waals surface area (Å²) >= 11 is 0. The van der Waals surface area contributed by atoms with Crippen molar-refractivity contribution >= 4 is 30.2 Å². The average Bonchev–Trinajstić information content (AvgIpc) is 3.54. The van der Waals surface area contributed by atoms with Crippen molar-refractivity contribution in [1.29, 1.82) is 0 Å². The molecule has 0 unspecified atom stereocenters. The van der Waals surface area contributed by atoms with E-state index in [4.69, 9.17) is 7.85 Å². The van der Waals surface area contributed by atoms with Gasteiger partial charge in [-0.3, -0.25) is 9.36 Å². The minimum atomic E-state index is -0.867. The largest absolute Gasteiger partial charge is 0.504 e. The Morgan fingerprint density at radius 3 is 2.21 bits per heavy atom. The monoisotopic (exact) mass is 536 g/mol. The Kier molecular flexibility index (Phi) is 12.3. The maximum absolute atomic E-state index is 13.2. The number of aromatic hydroxyl groups is 4. The third kappa shape index (κ3) is 8.07. The molecule has 0 bridgehead atoms.